The lowest BCUT2D eigenvalue weighted by molar-refractivity contribution is -0.157. The number of aliphatic carboxylic acids is 1. The Hall–Kier alpha value is -2.54. The van der Waals surface area contributed by atoms with Gasteiger partial charge in [0, 0.05) is 25.5 Å². The zero-order chi connectivity index (χ0) is 19.4. The number of halogens is 1. The highest BCUT2D eigenvalue weighted by atomic mass is 19.1. The summed E-state index contributed by atoms with van der Waals surface area (Å²) in [7, 11) is 0. The van der Waals surface area contributed by atoms with Gasteiger partial charge in [0.1, 0.15) is 11.2 Å². The molecule has 1 aromatic carbocycles. The summed E-state index contributed by atoms with van der Waals surface area (Å²) in [5.41, 5.74) is 0.123. The van der Waals surface area contributed by atoms with Crippen molar-refractivity contribution in [1.29, 1.82) is 0 Å². The highest BCUT2D eigenvalue weighted by Gasteiger charge is 2.49. The first-order valence-electron chi connectivity index (χ1n) is 9.16. The Labute approximate surface area is 157 Å². The third-order valence-electron chi connectivity index (χ3n) is 5.13. The van der Waals surface area contributed by atoms with Crippen LogP contribution in [0.3, 0.4) is 0 Å². The second kappa shape index (κ2) is 8.00. The standard InChI is InChI=1S/C20H24FN3O3/c1-2-4-15-11-22-19(23-12-15)24-8-7-17(25)20(13-24,18(26)27)10-14-5-3-6-16(21)9-14/h3,5-6,9,11-12,17,25H,2,4,7-8,10,13H2,1H3,(H,26,27)/t17-,20+/m0/s1. The van der Waals surface area contributed by atoms with E-state index in [0.717, 1.165) is 18.4 Å². The molecule has 27 heavy (non-hydrogen) atoms. The highest BCUT2D eigenvalue weighted by molar-refractivity contribution is 5.77. The van der Waals surface area contributed by atoms with Crippen molar-refractivity contribution in [3.8, 4) is 0 Å². The first-order valence-corrected chi connectivity index (χ1v) is 9.16. The Balaban J connectivity index is 1.87. The molecule has 0 spiro atoms. The summed E-state index contributed by atoms with van der Waals surface area (Å²) >= 11 is 0. The van der Waals surface area contributed by atoms with Gasteiger partial charge in [0.15, 0.2) is 0 Å². The molecule has 0 radical (unpaired) electrons. The molecule has 2 heterocycles. The molecular formula is C20H24FN3O3. The zero-order valence-corrected chi connectivity index (χ0v) is 15.3. The van der Waals surface area contributed by atoms with E-state index in [1.165, 1.54) is 12.1 Å². The van der Waals surface area contributed by atoms with Crippen LogP contribution in [0.1, 0.15) is 30.9 Å². The van der Waals surface area contributed by atoms with Crippen LogP contribution in [0.2, 0.25) is 0 Å². The molecule has 1 aromatic heterocycles. The lowest BCUT2D eigenvalue weighted by atomic mass is 9.73. The number of carboxylic acids is 1. The van der Waals surface area contributed by atoms with Gasteiger partial charge < -0.3 is 15.1 Å². The van der Waals surface area contributed by atoms with Gasteiger partial charge in [0.25, 0.3) is 0 Å². The summed E-state index contributed by atoms with van der Waals surface area (Å²) in [6, 6.07) is 5.84. The Kier molecular flexibility index (Phi) is 5.70. The van der Waals surface area contributed by atoms with Gasteiger partial charge in [0.05, 0.1) is 6.10 Å². The first kappa shape index (κ1) is 19.2. The van der Waals surface area contributed by atoms with Crippen molar-refractivity contribution in [3.05, 3.63) is 53.6 Å². The minimum atomic E-state index is -1.45. The average Bonchev–Trinajstić information content (AvgIpc) is 2.64. The molecule has 144 valence electrons. The number of nitrogens with zero attached hydrogens (tertiary/aromatic N) is 3. The molecule has 7 heteroatoms. The van der Waals surface area contributed by atoms with Crippen molar-refractivity contribution in [1.82, 2.24) is 9.97 Å². The number of benzene rings is 1. The van der Waals surface area contributed by atoms with Crippen molar-refractivity contribution < 1.29 is 19.4 Å². The molecule has 1 aliphatic heterocycles. The fourth-order valence-corrected chi connectivity index (χ4v) is 3.65. The van der Waals surface area contributed by atoms with E-state index >= 15 is 0 Å². The van der Waals surface area contributed by atoms with Crippen LogP contribution < -0.4 is 4.90 Å². The molecule has 1 aliphatic rings. The number of anilines is 1. The van der Waals surface area contributed by atoms with Crippen LogP contribution in [-0.2, 0) is 17.6 Å². The first-order chi connectivity index (χ1) is 12.9. The predicted octanol–water partition coefficient (Wildman–Crippen LogP) is 2.45. The van der Waals surface area contributed by atoms with Gasteiger partial charge in [-0.25, -0.2) is 14.4 Å². The molecule has 0 aliphatic carbocycles. The maximum atomic E-state index is 13.5. The topological polar surface area (TPSA) is 86.5 Å². The van der Waals surface area contributed by atoms with Crippen molar-refractivity contribution in [2.45, 2.75) is 38.7 Å². The largest absolute Gasteiger partial charge is 0.481 e. The summed E-state index contributed by atoms with van der Waals surface area (Å²) in [6.45, 7) is 2.60. The van der Waals surface area contributed by atoms with Gasteiger partial charge in [-0.2, -0.15) is 0 Å². The van der Waals surface area contributed by atoms with E-state index in [4.69, 9.17) is 0 Å². The number of piperidine rings is 1. The zero-order valence-electron chi connectivity index (χ0n) is 15.3. The van der Waals surface area contributed by atoms with E-state index in [-0.39, 0.29) is 19.4 Å². The van der Waals surface area contributed by atoms with Crippen LogP contribution in [0.15, 0.2) is 36.7 Å². The molecule has 2 atom stereocenters. The summed E-state index contributed by atoms with van der Waals surface area (Å²) in [5.74, 6) is -1.08. The summed E-state index contributed by atoms with van der Waals surface area (Å²) in [4.78, 5) is 22.7. The van der Waals surface area contributed by atoms with Crippen LogP contribution >= 0.6 is 0 Å². The summed E-state index contributed by atoms with van der Waals surface area (Å²) < 4.78 is 13.5. The maximum absolute atomic E-state index is 13.5. The number of aliphatic hydroxyl groups excluding tert-OH is 1. The normalized spacial score (nSPS) is 22.6. The molecule has 2 N–H and O–H groups in total. The van der Waals surface area contributed by atoms with Crippen molar-refractivity contribution in [2.24, 2.45) is 5.41 Å². The lowest BCUT2D eigenvalue weighted by Crippen LogP contribution is -2.57. The molecule has 0 saturated carbocycles. The molecule has 0 bridgehead atoms. The van der Waals surface area contributed by atoms with Gasteiger partial charge in [-0.05, 0) is 42.5 Å². The van der Waals surface area contributed by atoms with E-state index in [0.29, 0.717) is 18.1 Å². The predicted molar refractivity (Wildman–Crippen MR) is 99.0 cm³/mol. The maximum Gasteiger partial charge on any atom is 0.314 e. The number of aromatic nitrogens is 2. The monoisotopic (exact) mass is 373 g/mol. The molecule has 6 nitrogen and oxygen atoms in total. The summed E-state index contributed by atoms with van der Waals surface area (Å²) in [5, 5.41) is 20.5. The number of aliphatic hydroxyl groups is 1. The molecule has 3 rings (SSSR count). The van der Waals surface area contributed by atoms with Gasteiger partial charge >= 0.3 is 5.97 Å². The van der Waals surface area contributed by atoms with Crippen LogP contribution in [0.4, 0.5) is 10.3 Å². The van der Waals surface area contributed by atoms with E-state index in [2.05, 4.69) is 16.9 Å². The van der Waals surface area contributed by atoms with Crippen molar-refractivity contribution in [3.63, 3.8) is 0 Å². The van der Waals surface area contributed by atoms with Gasteiger partial charge in [-0.3, -0.25) is 4.79 Å². The number of hydrogen-bond acceptors (Lipinski definition) is 5. The number of carbonyl (C=O) groups is 1. The number of aryl methyl sites for hydroxylation is 1. The number of rotatable bonds is 6. The van der Waals surface area contributed by atoms with E-state index in [1.54, 1.807) is 29.4 Å². The lowest BCUT2D eigenvalue weighted by Gasteiger charge is -2.43. The van der Waals surface area contributed by atoms with Crippen LogP contribution in [-0.4, -0.2) is 45.3 Å². The van der Waals surface area contributed by atoms with Crippen LogP contribution in [0.5, 0.6) is 0 Å². The fourth-order valence-electron chi connectivity index (χ4n) is 3.65. The number of carboxylic acid groups (broad SMARTS) is 1. The molecule has 2 aromatic rings. The van der Waals surface area contributed by atoms with Gasteiger partial charge in [-0.1, -0.05) is 25.5 Å². The third kappa shape index (κ3) is 4.08. The van der Waals surface area contributed by atoms with Gasteiger partial charge in [0.2, 0.25) is 5.95 Å². The second-order valence-corrected chi connectivity index (χ2v) is 7.14. The second-order valence-electron chi connectivity index (χ2n) is 7.14. The smallest absolute Gasteiger partial charge is 0.314 e. The molecule has 0 amide bonds. The molecular weight excluding hydrogens is 349 g/mol. The minimum absolute atomic E-state index is 0.0334. The average molecular weight is 373 g/mol. The van der Waals surface area contributed by atoms with Crippen LogP contribution in [0, 0.1) is 11.2 Å². The highest BCUT2D eigenvalue weighted by Crippen LogP contribution is 2.36. The van der Waals surface area contributed by atoms with Crippen molar-refractivity contribution >= 4 is 11.9 Å². The molecule has 1 fully saturated rings. The van der Waals surface area contributed by atoms with Crippen LogP contribution in [0.25, 0.3) is 0 Å². The SMILES string of the molecule is CCCc1cnc(N2CC[C@H](O)[C@](Cc3cccc(F)c3)(C(=O)O)C2)nc1. The fraction of sp³-hybridized carbons (Fsp3) is 0.450. The Morgan fingerprint density at radius 1 is 1.33 bits per heavy atom. The number of hydrogen-bond donors (Lipinski definition) is 2. The third-order valence-corrected chi connectivity index (χ3v) is 5.13. The Morgan fingerprint density at radius 3 is 2.70 bits per heavy atom. The Morgan fingerprint density at radius 2 is 2.07 bits per heavy atom. The molecule has 1 saturated heterocycles. The van der Waals surface area contributed by atoms with E-state index in [1.807, 2.05) is 0 Å². The quantitative estimate of drug-likeness (QED) is 0.809. The molecule has 0 unspecified atom stereocenters. The van der Waals surface area contributed by atoms with E-state index in [9.17, 15) is 19.4 Å². The van der Waals surface area contributed by atoms with Gasteiger partial charge in [-0.15, -0.1) is 0 Å². The van der Waals surface area contributed by atoms with Crippen molar-refractivity contribution in [2.75, 3.05) is 18.0 Å². The summed E-state index contributed by atoms with van der Waals surface area (Å²) in [6.07, 6.45) is 4.67. The minimum Gasteiger partial charge on any atom is -0.481 e. The Bertz CT molecular complexity index is 799. The van der Waals surface area contributed by atoms with E-state index < -0.39 is 23.3 Å².